The number of nitrogens with zero attached hydrogens (tertiary/aromatic N) is 6. The number of methoxy groups -OCH3 is 1. The predicted octanol–water partition coefficient (Wildman–Crippen LogP) is 0.782. The van der Waals surface area contributed by atoms with Gasteiger partial charge in [0.15, 0.2) is 0 Å². The van der Waals surface area contributed by atoms with Crippen molar-refractivity contribution in [3.8, 4) is 5.75 Å². The second-order valence-corrected chi connectivity index (χ2v) is 12.5. The molecule has 0 radical (unpaired) electrons. The van der Waals surface area contributed by atoms with Gasteiger partial charge in [0, 0.05) is 64.7 Å². The molecule has 13 nitrogen and oxygen atoms in total. The number of aryl methyl sites for hydroxylation is 1. The van der Waals surface area contributed by atoms with Gasteiger partial charge in [-0.1, -0.05) is 30.3 Å². The Bertz CT molecular complexity index is 1570. The number of para-hydroxylation sites is 1. The van der Waals surface area contributed by atoms with Crippen LogP contribution in [0.1, 0.15) is 24.1 Å². The Balaban J connectivity index is 1.34. The van der Waals surface area contributed by atoms with E-state index in [-0.39, 0.29) is 43.8 Å². The molecule has 3 heterocycles. The molecule has 1 spiro atoms. The molecule has 2 aliphatic rings. The topological polar surface area (TPSA) is 146 Å². The molecule has 3 aromatic rings. The first kappa shape index (κ1) is 33.5. The van der Waals surface area contributed by atoms with Crippen LogP contribution in [0.3, 0.4) is 0 Å². The number of rotatable bonds is 11. The van der Waals surface area contributed by atoms with E-state index in [1.54, 1.807) is 48.1 Å². The van der Waals surface area contributed by atoms with Gasteiger partial charge in [-0.15, -0.1) is 0 Å². The fraction of sp³-hybridized carbons (Fsp3) is 0.441. The lowest BCUT2D eigenvalue weighted by atomic mass is 9.85. The van der Waals surface area contributed by atoms with Crippen molar-refractivity contribution >= 4 is 29.3 Å². The Kier molecular flexibility index (Phi) is 10.1. The molecule has 0 saturated carbocycles. The van der Waals surface area contributed by atoms with E-state index >= 15 is 0 Å². The van der Waals surface area contributed by atoms with Crippen molar-refractivity contribution in [2.24, 2.45) is 12.8 Å². The molecule has 2 saturated heterocycles. The zero-order valence-electron chi connectivity index (χ0n) is 27.5. The van der Waals surface area contributed by atoms with Crippen molar-refractivity contribution in [2.45, 2.75) is 43.3 Å². The van der Waals surface area contributed by atoms with Crippen LogP contribution in [-0.2, 0) is 39.1 Å². The van der Waals surface area contributed by atoms with Gasteiger partial charge >= 0.3 is 0 Å². The summed E-state index contributed by atoms with van der Waals surface area (Å²) in [4.78, 5) is 65.1. The van der Waals surface area contributed by atoms with Crippen LogP contribution in [0.5, 0.6) is 5.75 Å². The third kappa shape index (κ3) is 7.25. The number of hydrogen-bond acceptors (Lipinski definition) is 8. The Labute approximate surface area is 275 Å². The molecule has 2 unspecified atom stereocenters. The molecule has 47 heavy (non-hydrogen) atoms. The van der Waals surface area contributed by atoms with Crippen molar-refractivity contribution < 1.29 is 23.9 Å². The molecule has 3 N–H and O–H groups in total. The zero-order valence-corrected chi connectivity index (χ0v) is 27.5. The number of carbonyl (C=O) groups is 4. The highest BCUT2D eigenvalue weighted by atomic mass is 16.5. The van der Waals surface area contributed by atoms with E-state index in [4.69, 9.17) is 10.5 Å². The van der Waals surface area contributed by atoms with Crippen LogP contribution in [0, 0.1) is 0 Å². The monoisotopic (exact) mass is 644 g/mol. The van der Waals surface area contributed by atoms with Gasteiger partial charge in [0.1, 0.15) is 23.9 Å². The second-order valence-electron chi connectivity index (χ2n) is 12.5. The van der Waals surface area contributed by atoms with E-state index < -0.39 is 23.5 Å². The predicted molar refractivity (Wildman–Crippen MR) is 176 cm³/mol. The number of amides is 4. The average Bonchev–Trinajstić information content (AvgIpc) is 3.60. The molecule has 2 aliphatic heterocycles. The highest BCUT2D eigenvalue weighted by Gasteiger charge is 2.54. The van der Waals surface area contributed by atoms with Crippen LogP contribution in [0.4, 0.5) is 5.69 Å². The Morgan fingerprint density at radius 2 is 1.72 bits per heavy atom. The number of imidazole rings is 1. The van der Waals surface area contributed by atoms with E-state index in [9.17, 15) is 19.2 Å². The number of ether oxygens (including phenoxy) is 1. The van der Waals surface area contributed by atoms with Gasteiger partial charge in [0.2, 0.25) is 17.7 Å². The molecular formula is C34H44N8O5. The molecule has 0 bridgehead atoms. The summed E-state index contributed by atoms with van der Waals surface area (Å²) in [5, 5.41) is 2.92. The van der Waals surface area contributed by atoms with E-state index in [0.29, 0.717) is 31.7 Å². The first-order valence-electron chi connectivity index (χ1n) is 15.8. The minimum absolute atomic E-state index is 0.0192. The molecule has 2 fully saturated rings. The number of nitrogens with one attached hydrogen (secondary N) is 1. The van der Waals surface area contributed by atoms with Crippen LogP contribution in [0.25, 0.3) is 0 Å². The zero-order chi connectivity index (χ0) is 33.7. The summed E-state index contributed by atoms with van der Waals surface area (Å²) in [7, 11) is 6.76. The smallest absolute Gasteiger partial charge is 0.250 e. The number of carbonyl (C=O) groups excluding carboxylic acids is 4. The SMILES string of the molecule is COc1ccc(CC(NC(=O)C(N)Cc2cncn2C)C(=O)N2CCC3(CC2)C(=O)N(CC(=O)N(C)C)CN3c2ccccc2)cc1. The Morgan fingerprint density at radius 1 is 1.04 bits per heavy atom. The first-order valence-corrected chi connectivity index (χ1v) is 15.8. The maximum atomic E-state index is 14.1. The quantitative estimate of drug-likeness (QED) is 0.312. The molecule has 4 amide bonds. The number of nitrogens with two attached hydrogens (primary N) is 1. The van der Waals surface area contributed by atoms with E-state index in [1.165, 1.54) is 4.90 Å². The lowest BCUT2D eigenvalue weighted by molar-refractivity contribution is -0.142. The normalized spacial score (nSPS) is 17.0. The van der Waals surface area contributed by atoms with E-state index in [1.807, 2.05) is 61.6 Å². The highest BCUT2D eigenvalue weighted by Crippen LogP contribution is 2.39. The van der Waals surface area contributed by atoms with Crippen LogP contribution in [0.15, 0.2) is 67.1 Å². The number of aromatic nitrogens is 2. The summed E-state index contributed by atoms with van der Waals surface area (Å²) >= 11 is 0. The molecule has 5 rings (SSSR count). The van der Waals surface area contributed by atoms with Crippen LogP contribution in [-0.4, -0.2) is 113 Å². The Hall–Kier alpha value is -4.91. The van der Waals surface area contributed by atoms with Gasteiger partial charge in [-0.25, -0.2) is 4.98 Å². The number of likely N-dealkylation sites (tertiary alicyclic amines) is 1. The van der Waals surface area contributed by atoms with Gasteiger partial charge in [-0.05, 0) is 42.7 Å². The first-order chi connectivity index (χ1) is 22.5. The molecule has 1 aromatic heterocycles. The number of benzene rings is 2. The fourth-order valence-electron chi connectivity index (χ4n) is 6.32. The summed E-state index contributed by atoms with van der Waals surface area (Å²) in [6, 6.07) is 15.3. The molecular weight excluding hydrogens is 600 g/mol. The molecule has 13 heteroatoms. The summed E-state index contributed by atoms with van der Waals surface area (Å²) in [5.74, 6) is -0.268. The third-order valence-electron chi connectivity index (χ3n) is 9.20. The van der Waals surface area contributed by atoms with Crippen molar-refractivity contribution in [3.05, 3.63) is 78.4 Å². The Morgan fingerprint density at radius 3 is 2.32 bits per heavy atom. The average molecular weight is 645 g/mol. The lowest BCUT2D eigenvalue weighted by Gasteiger charge is -2.44. The minimum Gasteiger partial charge on any atom is -0.497 e. The highest BCUT2D eigenvalue weighted by molar-refractivity contribution is 5.96. The van der Waals surface area contributed by atoms with Crippen molar-refractivity contribution in [3.63, 3.8) is 0 Å². The number of piperidine rings is 1. The van der Waals surface area contributed by atoms with Crippen LogP contribution >= 0.6 is 0 Å². The molecule has 2 aromatic carbocycles. The largest absolute Gasteiger partial charge is 0.497 e. The maximum Gasteiger partial charge on any atom is 0.250 e. The van der Waals surface area contributed by atoms with Gasteiger partial charge in [-0.3, -0.25) is 19.2 Å². The van der Waals surface area contributed by atoms with E-state index in [2.05, 4.69) is 15.2 Å². The number of hydrogen-bond donors (Lipinski definition) is 2. The second kappa shape index (κ2) is 14.2. The van der Waals surface area contributed by atoms with Gasteiger partial charge in [0.05, 0.1) is 26.1 Å². The summed E-state index contributed by atoms with van der Waals surface area (Å²) in [5.41, 5.74) is 7.93. The van der Waals surface area contributed by atoms with Crippen LogP contribution in [0.2, 0.25) is 0 Å². The maximum absolute atomic E-state index is 14.1. The van der Waals surface area contributed by atoms with E-state index in [0.717, 1.165) is 16.9 Å². The van der Waals surface area contributed by atoms with Crippen molar-refractivity contribution in [1.82, 2.24) is 29.6 Å². The molecule has 0 aliphatic carbocycles. The number of anilines is 1. The van der Waals surface area contributed by atoms with Crippen molar-refractivity contribution in [2.75, 3.05) is 52.4 Å². The minimum atomic E-state index is -0.898. The van der Waals surface area contributed by atoms with Gasteiger partial charge < -0.3 is 40.0 Å². The lowest BCUT2D eigenvalue weighted by Crippen LogP contribution is -2.60. The van der Waals surface area contributed by atoms with Gasteiger partial charge in [0.25, 0.3) is 5.91 Å². The molecule has 2 atom stereocenters. The molecule has 250 valence electrons. The summed E-state index contributed by atoms with van der Waals surface area (Å²) < 4.78 is 7.09. The fourth-order valence-corrected chi connectivity index (χ4v) is 6.32. The third-order valence-corrected chi connectivity index (χ3v) is 9.20. The standard InChI is InChI=1S/C34H44N8O5/c1-38(2)30(43)21-41-23-42(25-8-6-5-7-9-25)34(33(41)46)14-16-40(17-15-34)32(45)29(18-24-10-12-27(47-4)13-11-24)37-31(44)28(35)19-26-20-36-22-39(26)3/h5-13,20,22,28-29H,14-19,21,23,35H2,1-4H3,(H,37,44). The summed E-state index contributed by atoms with van der Waals surface area (Å²) in [6.45, 7) is 0.870. The summed E-state index contributed by atoms with van der Waals surface area (Å²) in [6.07, 6.45) is 4.58. The number of likely N-dealkylation sites (N-methyl/N-ethyl adjacent to an activating group) is 1. The van der Waals surface area contributed by atoms with Crippen molar-refractivity contribution in [1.29, 1.82) is 0 Å². The van der Waals surface area contributed by atoms with Gasteiger partial charge in [-0.2, -0.15) is 0 Å². The van der Waals surface area contributed by atoms with Crippen LogP contribution < -0.4 is 20.7 Å².